The molecule has 0 spiro atoms. The zero-order chi connectivity index (χ0) is 8.81. The zero-order valence-electron chi connectivity index (χ0n) is 6.97. The molecule has 1 aromatic rings. The van der Waals surface area contributed by atoms with Crippen molar-refractivity contribution < 1.29 is 4.74 Å². The maximum Gasteiger partial charge on any atom is 0.0821 e. The molecule has 0 saturated heterocycles. The van der Waals surface area contributed by atoms with E-state index in [9.17, 15) is 0 Å². The predicted molar refractivity (Wildman–Crippen MR) is 55.6 cm³/mol. The van der Waals surface area contributed by atoms with E-state index in [0.29, 0.717) is 6.61 Å². The molecule has 4 heteroatoms. The van der Waals surface area contributed by atoms with Gasteiger partial charge in [-0.1, -0.05) is 0 Å². The van der Waals surface area contributed by atoms with E-state index in [2.05, 4.69) is 26.6 Å². The maximum absolute atomic E-state index is 5.42. The van der Waals surface area contributed by atoms with Crippen molar-refractivity contribution >= 4 is 27.3 Å². The maximum atomic E-state index is 5.42. The summed E-state index contributed by atoms with van der Waals surface area (Å²) in [5.41, 5.74) is 0. The highest BCUT2D eigenvalue weighted by atomic mass is 79.9. The molecular weight excluding hydrogens is 238 g/mol. The van der Waals surface area contributed by atoms with E-state index in [-0.39, 0.29) is 0 Å². The minimum absolute atomic E-state index is 0.708. The topological polar surface area (TPSA) is 21.3 Å². The Bertz CT molecular complexity index is 227. The van der Waals surface area contributed by atoms with Gasteiger partial charge in [0.25, 0.3) is 0 Å². The molecular formula is C8H12BrNOS. The summed E-state index contributed by atoms with van der Waals surface area (Å²) >= 11 is 5.17. The molecule has 12 heavy (non-hydrogen) atoms. The van der Waals surface area contributed by atoms with Crippen molar-refractivity contribution in [2.75, 3.05) is 20.2 Å². The van der Waals surface area contributed by atoms with Crippen molar-refractivity contribution in [3.05, 3.63) is 20.8 Å². The van der Waals surface area contributed by atoms with E-state index in [0.717, 1.165) is 17.6 Å². The van der Waals surface area contributed by atoms with Crippen molar-refractivity contribution in [2.24, 2.45) is 0 Å². The lowest BCUT2D eigenvalue weighted by Gasteiger charge is -2.01. The minimum Gasteiger partial charge on any atom is -0.375 e. The number of nitrogens with one attached hydrogen (secondary N) is 1. The second kappa shape index (κ2) is 5.70. The number of halogens is 1. The molecule has 1 rings (SSSR count). The normalized spacial score (nSPS) is 10.5. The van der Waals surface area contributed by atoms with Crippen molar-refractivity contribution in [3.63, 3.8) is 0 Å². The van der Waals surface area contributed by atoms with Crippen LogP contribution in [-0.4, -0.2) is 20.2 Å². The quantitative estimate of drug-likeness (QED) is 0.809. The van der Waals surface area contributed by atoms with Gasteiger partial charge < -0.3 is 10.1 Å². The SMILES string of the molecule is CNCCOCc1sccc1Br. The number of thiophene rings is 1. The third-order valence-electron chi connectivity index (χ3n) is 1.42. The molecule has 0 saturated carbocycles. The van der Waals surface area contributed by atoms with E-state index >= 15 is 0 Å². The Kier molecular flexibility index (Phi) is 4.83. The van der Waals surface area contributed by atoms with Gasteiger partial charge in [0, 0.05) is 15.9 Å². The Morgan fingerprint density at radius 1 is 1.67 bits per heavy atom. The minimum atomic E-state index is 0.708. The Labute approximate surface area is 85.1 Å². The Balaban J connectivity index is 2.20. The fourth-order valence-electron chi connectivity index (χ4n) is 0.767. The summed E-state index contributed by atoms with van der Waals surface area (Å²) in [6.07, 6.45) is 0. The van der Waals surface area contributed by atoms with Crippen LogP contribution >= 0.6 is 27.3 Å². The average molecular weight is 250 g/mol. The van der Waals surface area contributed by atoms with E-state index in [1.54, 1.807) is 11.3 Å². The molecule has 1 heterocycles. The van der Waals surface area contributed by atoms with Crippen LogP contribution in [0.15, 0.2) is 15.9 Å². The van der Waals surface area contributed by atoms with Crippen molar-refractivity contribution in [1.82, 2.24) is 5.32 Å². The fourth-order valence-corrected chi connectivity index (χ4v) is 2.17. The van der Waals surface area contributed by atoms with Crippen LogP contribution in [0.25, 0.3) is 0 Å². The fraction of sp³-hybridized carbons (Fsp3) is 0.500. The van der Waals surface area contributed by atoms with Crippen LogP contribution in [0.3, 0.4) is 0 Å². The Morgan fingerprint density at radius 2 is 2.50 bits per heavy atom. The summed E-state index contributed by atoms with van der Waals surface area (Å²) in [6.45, 7) is 2.38. The third-order valence-corrected chi connectivity index (χ3v) is 3.32. The van der Waals surface area contributed by atoms with Gasteiger partial charge >= 0.3 is 0 Å². The molecule has 0 unspecified atom stereocenters. The lowest BCUT2D eigenvalue weighted by atomic mass is 10.5. The van der Waals surface area contributed by atoms with Crippen LogP contribution in [0, 0.1) is 0 Å². The molecule has 0 bridgehead atoms. The van der Waals surface area contributed by atoms with Gasteiger partial charge in [-0.05, 0) is 34.4 Å². The van der Waals surface area contributed by atoms with Gasteiger partial charge in [0.15, 0.2) is 0 Å². The van der Waals surface area contributed by atoms with Gasteiger partial charge in [0.05, 0.1) is 13.2 Å². The summed E-state index contributed by atoms with van der Waals surface area (Å²) in [4.78, 5) is 1.26. The van der Waals surface area contributed by atoms with Gasteiger partial charge in [0.2, 0.25) is 0 Å². The Morgan fingerprint density at radius 3 is 3.08 bits per heavy atom. The number of rotatable bonds is 5. The summed E-state index contributed by atoms with van der Waals surface area (Å²) in [5.74, 6) is 0. The van der Waals surface area contributed by atoms with Crippen LogP contribution < -0.4 is 5.32 Å². The highest BCUT2D eigenvalue weighted by Gasteiger charge is 1.99. The summed E-state index contributed by atoms with van der Waals surface area (Å²) < 4.78 is 6.57. The second-order valence-corrected chi connectivity index (χ2v) is 4.20. The molecule has 0 aromatic carbocycles. The number of ether oxygens (including phenoxy) is 1. The van der Waals surface area contributed by atoms with Gasteiger partial charge in [-0.25, -0.2) is 0 Å². The molecule has 0 atom stereocenters. The molecule has 0 radical (unpaired) electrons. The third kappa shape index (κ3) is 3.23. The van der Waals surface area contributed by atoms with Crippen molar-refractivity contribution in [2.45, 2.75) is 6.61 Å². The van der Waals surface area contributed by atoms with Crippen molar-refractivity contribution in [1.29, 1.82) is 0 Å². The van der Waals surface area contributed by atoms with Crippen LogP contribution in [0.5, 0.6) is 0 Å². The van der Waals surface area contributed by atoms with Crippen LogP contribution in [-0.2, 0) is 11.3 Å². The van der Waals surface area contributed by atoms with Crippen LogP contribution in [0.4, 0.5) is 0 Å². The molecule has 1 N–H and O–H groups in total. The van der Waals surface area contributed by atoms with E-state index in [1.807, 2.05) is 13.1 Å². The number of hydrogen-bond acceptors (Lipinski definition) is 3. The first-order chi connectivity index (χ1) is 5.84. The van der Waals surface area contributed by atoms with Gasteiger partial charge in [-0.2, -0.15) is 0 Å². The number of likely N-dealkylation sites (N-methyl/N-ethyl adjacent to an activating group) is 1. The summed E-state index contributed by atoms with van der Waals surface area (Å²) in [7, 11) is 1.92. The molecule has 0 aliphatic rings. The highest BCUT2D eigenvalue weighted by Crippen LogP contribution is 2.22. The highest BCUT2D eigenvalue weighted by molar-refractivity contribution is 9.10. The van der Waals surface area contributed by atoms with Crippen LogP contribution in [0.2, 0.25) is 0 Å². The summed E-state index contributed by atoms with van der Waals surface area (Å²) in [6, 6.07) is 2.04. The molecule has 0 fully saturated rings. The Hall–Kier alpha value is 0.100. The van der Waals surface area contributed by atoms with E-state index in [1.165, 1.54) is 4.88 Å². The van der Waals surface area contributed by atoms with Crippen LogP contribution in [0.1, 0.15) is 4.88 Å². The van der Waals surface area contributed by atoms with Gasteiger partial charge in [-0.15, -0.1) is 11.3 Å². The monoisotopic (exact) mass is 249 g/mol. The first-order valence-electron chi connectivity index (χ1n) is 3.79. The summed E-state index contributed by atoms with van der Waals surface area (Å²) in [5, 5.41) is 5.09. The van der Waals surface area contributed by atoms with Gasteiger partial charge in [0.1, 0.15) is 0 Å². The molecule has 0 aliphatic heterocycles. The first kappa shape index (κ1) is 10.2. The standard InChI is InChI=1S/C8H12BrNOS/c1-10-3-4-11-6-8-7(9)2-5-12-8/h2,5,10H,3-4,6H2,1H3. The van der Waals surface area contributed by atoms with E-state index in [4.69, 9.17) is 4.74 Å². The molecule has 0 amide bonds. The van der Waals surface area contributed by atoms with Crippen molar-refractivity contribution in [3.8, 4) is 0 Å². The smallest absolute Gasteiger partial charge is 0.0821 e. The van der Waals surface area contributed by atoms with E-state index < -0.39 is 0 Å². The predicted octanol–water partition coefficient (Wildman–Crippen LogP) is 2.25. The molecule has 0 aliphatic carbocycles. The zero-order valence-corrected chi connectivity index (χ0v) is 9.37. The number of hydrogen-bond donors (Lipinski definition) is 1. The van der Waals surface area contributed by atoms with Gasteiger partial charge in [-0.3, -0.25) is 0 Å². The largest absolute Gasteiger partial charge is 0.375 e. The molecule has 68 valence electrons. The molecule has 2 nitrogen and oxygen atoms in total. The second-order valence-electron chi connectivity index (χ2n) is 2.35. The average Bonchev–Trinajstić information content (AvgIpc) is 2.46. The molecule has 1 aromatic heterocycles. The lowest BCUT2D eigenvalue weighted by molar-refractivity contribution is 0.126. The first-order valence-corrected chi connectivity index (χ1v) is 5.46. The lowest BCUT2D eigenvalue weighted by Crippen LogP contribution is -2.13.